The monoisotopic (exact) mass is 298 g/mol. The lowest BCUT2D eigenvalue weighted by Crippen LogP contribution is -2.36. The van der Waals surface area contributed by atoms with Crippen molar-refractivity contribution in [3.8, 4) is 5.75 Å². The van der Waals surface area contributed by atoms with Gasteiger partial charge in [0.15, 0.2) is 0 Å². The normalized spacial score (nSPS) is 15.8. The highest BCUT2D eigenvalue weighted by atomic mass is 19.3. The summed E-state index contributed by atoms with van der Waals surface area (Å²) in [5.74, 6) is 0.636. The Kier molecular flexibility index (Phi) is 5.50. The summed E-state index contributed by atoms with van der Waals surface area (Å²) in [6, 6.07) is 6.08. The fraction of sp³-hybridized carbons (Fsp3) is 0.533. The summed E-state index contributed by atoms with van der Waals surface area (Å²) in [5.41, 5.74) is 0.536. The summed E-state index contributed by atoms with van der Waals surface area (Å²) in [6.07, 6.45) is 2.45. The molecule has 21 heavy (non-hydrogen) atoms. The number of alkyl halides is 2. The number of para-hydroxylation sites is 1. The Hall–Kier alpha value is -1.69. The van der Waals surface area contributed by atoms with E-state index >= 15 is 0 Å². The van der Waals surface area contributed by atoms with E-state index in [2.05, 4.69) is 15.4 Å². The molecular formula is C15H20F2N2O2. The molecule has 1 aromatic rings. The molecule has 0 saturated heterocycles. The van der Waals surface area contributed by atoms with Crippen molar-refractivity contribution >= 4 is 5.91 Å². The van der Waals surface area contributed by atoms with Crippen LogP contribution in [0.5, 0.6) is 5.75 Å². The molecule has 0 spiro atoms. The van der Waals surface area contributed by atoms with Gasteiger partial charge in [0.25, 0.3) is 0 Å². The van der Waals surface area contributed by atoms with Crippen molar-refractivity contribution in [2.75, 3.05) is 13.1 Å². The lowest BCUT2D eigenvalue weighted by atomic mass is 10.1. The van der Waals surface area contributed by atoms with Crippen LogP contribution in [0.4, 0.5) is 8.78 Å². The largest absolute Gasteiger partial charge is 0.434 e. The van der Waals surface area contributed by atoms with Gasteiger partial charge >= 0.3 is 6.61 Å². The fourth-order valence-corrected chi connectivity index (χ4v) is 2.12. The maximum Gasteiger partial charge on any atom is 0.387 e. The number of carbonyl (C=O) groups is 1. The van der Waals surface area contributed by atoms with Crippen molar-refractivity contribution in [2.45, 2.75) is 32.4 Å². The SMILES string of the molecule is CC(NC(=O)CNCC1CC1)c1ccccc1OC(F)F. The summed E-state index contributed by atoms with van der Waals surface area (Å²) >= 11 is 0. The standard InChI is InChI=1S/C15H20F2N2O2/c1-10(19-14(20)9-18-8-11-6-7-11)12-4-2-3-5-13(12)21-15(16)17/h2-5,10-11,15,18H,6-9H2,1H3,(H,19,20). The molecule has 1 aliphatic carbocycles. The number of benzene rings is 1. The minimum Gasteiger partial charge on any atom is -0.434 e. The number of hydrogen-bond donors (Lipinski definition) is 2. The summed E-state index contributed by atoms with van der Waals surface area (Å²) in [4.78, 5) is 11.8. The molecule has 1 saturated carbocycles. The smallest absolute Gasteiger partial charge is 0.387 e. The Morgan fingerprint density at radius 1 is 1.38 bits per heavy atom. The van der Waals surface area contributed by atoms with Crippen LogP contribution in [0.3, 0.4) is 0 Å². The minimum absolute atomic E-state index is 0.0891. The van der Waals surface area contributed by atoms with Gasteiger partial charge in [0.1, 0.15) is 5.75 Å². The van der Waals surface area contributed by atoms with E-state index in [1.165, 1.54) is 18.9 Å². The van der Waals surface area contributed by atoms with Gasteiger partial charge in [0.2, 0.25) is 5.91 Å². The predicted molar refractivity (Wildman–Crippen MR) is 75.2 cm³/mol. The van der Waals surface area contributed by atoms with Gasteiger partial charge in [-0.25, -0.2) is 0 Å². The average molecular weight is 298 g/mol. The third-order valence-corrected chi connectivity index (χ3v) is 3.39. The molecule has 1 atom stereocenters. The number of carbonyl (C=O) groups excluding carboxylic acids is 1. The third-order valence-electron chi connectivity index (χ3n) is 3.39. The first-order valence-electron chi connectivity index (χ1n) is 7.10. The zero-order chi connectivity index (χ0) is 15.2. The van der Waals surface area contributed by atoms with E-state index in [9.17, 15) is 13.6 Å². The number of amides is 1. The summed E-state index contributed by atoms with van der Waals surface area (Å²) < 4.78 is 29.2. The van der Waals surface area contributed by atoms with Crippen molar-refractivity contribution in [2.24, 2.45) is 5.92 Å². The molecule has 1 amide bonds. The Balaban J connectivity index is 1.86. The van der Waals surface area contributed by atoms with E-state index in [1.54, 1.807) is 25.1 Å². The highest BCUT2D eigenvalue weighted by Gasteiger charge is 2.21. The van der Waals surface area contributed by atoms with Crippen LogP contribution in [0.1, 0.15) is 31.4 Å². The van der Waals surface area contributed by atoms with Crippen molar-refractivity contribution in [1.29, 1.82) is 0 Å². The first-order chi connectivity index (χ1) is 10.1. The Bertz CT molecular complexity index is 478. The molecule has 1 fully saturated rings. The average Bonchev–Trinajstić information content (AvgIpc) is 3.22. The van der Waals surface area contributed by atoms with E-state index in [4.69, 9.17) is 0 Å². The molecule has 1 aliphatic rings. The van der Waals surface area contributed by atoms with Crippen LogP contribution in [0, 0.1) is 5.92 Å². The molecule has 116 valence electrons. The van der Waals surface area contributed by atoms with Crippen LogP contribution in [0.2, 0.25) is 0 Å². The zero-order valence-corrected chi connectivity index (χ0v) is 11.9. The first-order valence-corrected chi connectivity index (χ1v) is 7.10. The Morgan fingerprint density at radius 3 is 2.76 bits per heavy atom. The minimum atomic E-state index is -2.88. The second-order valence-electron chi connectivity index (χ2n) is 5.28. The number of nitrogens with one attached hydrogen (secondary N) is 2. The van der Waals surface area contributed by atoms with Gasteiger partial charge in [0.05, 0.1) is 12.6 Å². The topological polar surface area (TPSA) is 50.4 Å². The van der Waals surface area contributed by atoms with Gasteiger partial charge in [-0.1, -0.05) is 18.2 Å². The summed E-state index contributed by atoms with van der Waals surface area (Å²) in [6.45, 7) is -0.0489. The highest BCUT2D eigenvalue weighted by Crippen LogP contribution is 2.27. The van der Waals surface area contributed by atoms with Crippen molar-refractivity contribution in [1.82, 2.24) is 10.6 Å². The molecule has 1 unspecified atom stereocenters. The Labute approximate surface area is 122 Å². The Morgan fingerprint density at radius 2 is 2.10 bits per heavy atom. The van der Waals surface area contributed by atoms with E-state index in [0.717, 1.165) is 6.54 Å². The molecule has 0 heterocycles. The van der Waals surface area contributed by atoms with Crippen LogP contribution in [-0.4, -0.2) is 25.6 Å². The maximum atomic E-state index is 12.4. The van der Waals surface area contributed by atoms with Gasteiger partial charge in [-0.2, -0.15) is 8.78 Å². The van der Waals surface area contributed by atoms with Crippen molar-refractivity contribution < 1.29 is 18.3 Å². The highest BCUT2D eigenvalue weighted by molar-refractivity contribution is 5.78. The van der Waals surface area contributed by atoms with Crippen molar-refractivity contribution in [3.63, 3.8) is 0 Å². The van der Waals surface area contributed by atoms with Gasteiger partial charge in [-0.3, -0.25) is 4.79 Å². The molecule has 6 heteroatoms. The van der Waals surface area contributed by atoms with Crippen LogP contribution in [-0.2, 0) is 4.79 Å². The van der Waals surface area contributed by atoms with E-state index < -0.39 is 12.7 Å². The quantitative estimate of drug-likeness (QED) is 0.775. The second kappa shape index (κ2) is 7.36. The number of halogens is 2. The zero-order valence-electron chi connectivity index (χ0n) is 11.9. The molecule has 2 rings (SSSR count). The molecule has 0 radical (unpaired) electrons. The van der Waals surface area contributed by atoms with Gasteiger partial charge in [-0.15, -0.1) is 0 Å². The van der Waals surface area contributed by atoms with Gasteiger partial charge in [0, 0.05) is 5.56 Å². The third kappa shape index (κ3) is 5.30. The van der Waals surface area contributed by atoms with E-state index in [-0.39, 0.29) is 18.2 Å². The van der Waals surface area contributed by atoms with Crippen LogP contribution in [0.15, 0.2) is 24.3 Å². The lowest BCUT2D eigenvalue weighted by Gasteiger charge is -2.18. The molecule has 0 aliphatic heterocycles. The van der Waals surface area contributed by atoms with Crippen LogP contribution in [0.25, 0.3) is 0 Å². The van der Waals surface area contributed by atoms with Crippen LogP contribution >= 0.6 is 0 Å². The second-order valence-corrected chi connectivity index (χ2v) is 5.28. The number of hydrogen-bond acceptors (Lipinski definition) is 3. The van der Waals surface area contributed by atoms with Gasteiger partial charge < -0.3 is 15.4 Å². The molecular weight excluding hydrogens is 278 g/mol. The van der Waals surface area contributed by atoms with Crippen molar-refractivity contribution in [3.05, 3.63) is 29.8 Å². The van der Waals surface area contributed by atoms with E-state index in [0.29, 0.717) is 11.5 Å². The van der Waals surface area contributed by atoms with E-state index in [1.807, 2.05) is 0 Å². The lowest BCUT2D eigenvalue weighted by molar-refractivity contribution is -0.120. The predicted octanol–water partition coefficient (Wildman–Crippen LogP) is 2.46. The summed E-state index contributed by atoms with van der Waals surface area (Å²) in [5, 5.41) is 5.87. The van der Waals surface area contributed by atoms with Crippen LogP contribution < -0.4 is 15.4 Å². The molecule has 2 N–H and O–H groups in total. The number of ether oxygens (including phenoxy) is 1. The first kappa shape index (κ1) is 15.7. The molecule has 0 aromatic heterocycles. The van der Waals surface area contributed by atoms with Gasteiger partial charge in [-0.05, 0) is 38.3 Å². The number of rotatable bonds is 8. The maximum absolute atomic E-state index is 12.4. The molecule has 0 bridgehead atoms. The molecule has 4 nitrogen and oxygen atoms in total. The summed E-state index contributed by atoms with van der Waals surface area (Å²) in [7, 11) is 0. The molecule has 1 aromatic carbocycles. The fourth-order valence-electron chi connectivity index (χ4n) is 2.12.